The fourth-order valence-electron chi connectivity index (χ4n) is 3.36. The molecule has 0 atom stereocenters. The van der Waals surface area contributed by atoms with Crippen molar-refractivity contribution in [2.24, 2.45) is 0 Å². The lowest BCUT2D eigenvalue weighted by Crippen LogP contribution is -2.28. The lowest BCUT2D eigenvalue weighted by molar-refractivity contribution is -0.117. The van der Waals surface area contributed by atoms with Crippen LogP contribution in [-0.4, -0.2) is 22.7 Å². The zero-order valence-electron chi connectivity index (χ0n) is 19.6. The van der Waals surface area contributed by atoms with Crippen LogP contribution in [0.1, 0.15) is 82.9 Å². The van der Waals surface area contributed by atoms with Crippen LogP contribution in [0, 0.1) is 0 Å². The van der Waals surface area contributed by atoms with E-state index in [4.69, 9.17) is 0 Å². The second kappa shape index (κ2) is 9.62. The lowest BCUT2D eigenvalue weighted by Gasteiger charge is -2.23. The molecule has 0 aliphatic rings. The van der Waals surface area contributed by atoms with Gasteiger partial charge in [-0.2, -0.15) is 0 Å². The highest BCUT2D eigenvalue weighted by Crippen LogP contribution is 2.36. The number of anilines is 1. The van der Waals surface area contributed by atoms with Crippen molar-refractivity contribution in [3.63, 3.8) is 0 Å². The van der Waals surface area contributed by atoms with Crippen molar-refractivity contribution in [1.29, 1.82) is 0 Å². The average Bonchev–Trinajstić information content (AvgIpc) is 2.65. The fourth-order valence-corrected chi connectivity index (χ4v) is 6.11. The monoisotopic (exact) mass is 480 g/mol. The summed E-state index contributed by atoms with van der Waals surface area (Å²) in [4.78, 5) is 11.2. The number of nitrogens with one attached hydrogen (secondary N) is 2. The minimum absolute atomic E-state index is 0.0112. The highest BCUT2D eigenvalue weighted by molar-refractivity contribution is 7.92. The highest BCUT2D eigenvalue weighted by atomic mass is 32.2. The molecule has 2 aromatic carbocycles. The van der Waals surface area contributed by atoms with Gasteiger partial charge in [0.25, 0.3) is 20.0 Å². The Labute approximate surface area is 191 Å². The van der Waals surface area contributed by atoms with E-state index in [1.165, 1.54) is 24.3 Å². The number of amides is 1. The quantitative estimate of drug-likeness (QED) is 0.570. The molecule has 176 valence electrons. The van der Waals surface area contributed by atoms with Gasteiger partial charge in [-0.05, 0) is 58.7 Å². The Morgan fingerprint density at radius 2 is 1.22 bits per heavy atom. The summed E-state index contributed by atoms with van der Waals surface area (Å²) in [6, 6.07) is 9.13. The third-order valence-electron chi connectivity index (χ3n) is 5.04. The molecule has 0 fully saturated rings. The topological polar surface area (TPSA) is 109 Å². The Hall–Kier alpha value is -2.39. The normalized spacial score (nSPS) is 12.4. The van der Waals surface area contributed by atoms with Gasteiger partial charge in [-0.1, -0.05) is 53.7 Å². The minimum atomic E-state index is -4.00. The first-order chi connectivity index (χ1) is 14.7. The SMILES string of the molecule is CC(=O)NS(=O)(=O)c1ccc(NS(=O)(=O)c2c(C(C)C)cc(C(C)C)cc2C(C)C)cc1. The van der Waals surface area contributed by atoms with Crippen molar-refractivity contribution < 1.29 is 21.6 Å². The van der Waals surface area contributed by atoms with Gasteiger partial charge in [0.15, 0.2) is 0 Å². The van der Waals surface area contributed by atoms with Gasteiger partial charge in [-0.3, -0.25) is 9.52 Å². The molecule has 0 bridgehead atoms. The summed E-state index contributed by atoms with van der Waals surface area (Å²) in [5, 5.41) is 0. The Morgan fingerprint density at radius 3 is 1.59 bits per heavy atom. The van der Waals surface area contributed by atoms with Gasteiger partial charge < -0.3 is 0 Å². The van der Waals surface area contributed by atoms with Crippen LogP contribution < -0.4 is 9.44 Å². The van der Waals surface area contributed by atoms with Gasteiger partial charge in [0.1, 0.15) is 0 Å². The van der Waals surface area contributed by atoms with Gasteiger partial charge in [0, 0.05) is 12.6 Å². The molecule has 2 aromatic rings. The first-order valence-corrected chi connectivity index (χ1v) is 13.5. The molecule has 0 aliphatic carbocycles. The summed E-state index contributed by atoms with van der Waals surface area (Å²) >= 11 is 0. The zero-order valence-corrected chi connectivity index (χ0v) is 21.2. The van der Waals surface area contributed by atoms with Crippen molar-refractivity contribution in [3.8, 4) is 0 Å². The predicted molar refractivity (Wildman–Crippen MR) is 127 cm³/mol. The standard InChI is InChI=1S/C23H32N2O5S2/c1-14(2)18-12-21(15(3)4)23(22(13-18)16(5)6)32(29,30)25-19-8-10-20(11-9-19)31(27,28)24-17(7)26/h8-16,25H,1-7H3,(H,24,26). The number of hydrogen-bond acceptors (Lipinski definition) is 5. The van der Waals surface area contributed by atoms with Crippen molar-refractivity contribution >= 4 is 31.6 Å². The molecule has 7 nitrogen and oxygen atoms in total. The number of benzene rings is 2. The zero-order chi connectivity index (χ0) is 24.4. The molecule has 2 N–H and O–H groups in total. The first-order valence-electron chi connectivity index (χ1n) is 10.5. The van der Waals surface area contributed by atoms with E-state index in [9.17, 15) is 21.6 Å². The number of rotatable bonds is 8. The molecular formula is C23H32N2O5S2. The van der Waals surface area contributed by atoms with Crippen LogP contribution in [0.2, 0.25) is 0 Å². The summed E-state index contributed by atoms with van der Waals surface area (Å²) in [7, 11) is -7.94. The first kappa shape index (κ1) is 25.9. The molecule has 2 rings (SSSR count). The van der Waals surface area contributed by atoms with E-state index >= 15 is 0 Å². The van der Waals surface area contributed by atoms with E-state index in [0.717, 1.165) is 23.6 Å². The van der Waals surface area contributed by atoms with E-state index in [1.54, 1.807) is 0 Å². The maximum Gasteiger partial charge on any atom is 0.264 e. The number of sulfonamides is 2. The largest absolute Gasteiger partial charge is 0.280 e. The van der Waals surface area contributed by atoms with Crippen LogP contribution in [0.5, 0.6) is 0 Å². The number of carbonyl (C=O) groups is 1. The molecule has 9 heteroatoms. The summed E-state index contributed by atoms with van der Waals surface area (Å²) in [5.41, 5.74) is 2.81. The molecule has 32 heavy (non-hydrogen) atoms. The molecule has 0 saturated heterocycles. The lowest BCUT2D eigenvalue weighted by atomic mass is 9.89. The Balaban J connectivity index is 2.54. The van der Waals surface area contributed by atoms with Crippen LogP contribution in [0.3, 0.4) is 0 Å². The third-order valence-corrected chi connectivity index (χ3v) is 8.01. The Bertz CT molecular complexity index is 1170. The molecule has 0 heterocycles. The average molecular weight is 481 g/mol. The van der Waals surface area contributed by atoms with Gasteiger partial charge in [0.2, 0.25) is 5.91 Å². The van der Waals surface area contributed by atoms with Crippen LogP contribution in [0.25, 0.3) is 0 Å². The van der Waals surface area contributed by atoms with Gasteiger partial charge in [-0.15, -0.1) is 0 Å². The smallest absolute Gasteiger partial charge is 0.264 e. The second-order valence-corrected chi connectivity index (χ2v) is 12.1. The van der Waals surface area contributed by atoms with Crippen molar-refractivity contribution in [3.05, 3.63) is 53.1 Å². The summed E-state index contributed by atoms with van der Waals surface area (Å²) in [6.45, 7) is 13.1. The maximum atomic E-state index is 13.5. The molecule has 1 amide bonds. The van der Waals surface area contributed by atoms with E-state index in [0.29, 0.717) is 0 Å². The van der Waals surface area contributed by atoms with Crippen molar-refractivity contribution in [2.75, 3.05) is 4.72 Å². The van der Waals surface area contributed by atoms with Gasteiger partial charge >= 0.3 is 0 Å². The molecule has 0 radical (unpaired) electrons. The highest BCUT2D eigenvalue weighted by Gasteiger charge is 2.27. The fraction of sp³-hybridized carbons (Fsp3) is 0.435. The third kappa shape index (κ3) is 5.89. The molecule has 0 aromatic heterocycles. The number of hydrogen-bond donors (Lipinski definition) is 2. The Morgan fingerprint density at radius 1 is 0.750 bits per heavy atom. The minimum Gasteiger partial charge on any atom is -0.280 e. The molecule has 0 unspecified atom stereocenters. The summed E-state index contributed by atoms with van der Waals surface area (Å²) in [5.74, 6) is -0.472. The van der Waals surface area contributed by atoms with Crippen molar-refractivity contribution in [1.82, 2.24) is 4.72 Å². The summed E-state index contributed by atoms with van der Waals surface area (Å²) < 4.78 is 55.6. The Kier molecular flexibility index (Phi) is 7.78. The van der Waals surface area contributed by atoms with Gasteiger partial charge in [-0.25, -0.2) is 21.6 Å². The second-order valence-electron chi connectivity index (χ2n) is 8.78. The van der Waals surface area contributed by atoms with Crippen LogP contribution in [-0.2, 0) is 24.8 Å². The van der Waals surface area contributed by atoms with Crippen LogP contribution in [0.15, 0.2) is 46.2 Å². The molecule has 0 spiro atoms. The molecule has 0 aliphatic heterocycles. The molecule has 0 saturated carbocycles. The van der Waals surface area contributed by atoms with Crippen LogP contribution in [0.4, 0.5) is 5.69 Å². The number of carbonyl (C=O) groups excluding carboxylic acids is 1. The van der Waals surface area contributed by atoms with Gasteiger partial charge in [0.05, 0.1) is 9.79 Å². The van der Waals surface area contributed by atoms with E-state index in [1.807, 2.05) is 44.5 Å². The predicted octanol–water partition coefficient (Wildman–Crippen LogP) is 4.68. The van der Waals surface area contributed by atoms with Crippen LogP contribution >= 0.6 is 0 Å². The summed E-state index contributed by atoms with van der Waals surface area (Å²) in [6.07, 6.45) is 0. The molecular weight excluding hydrogens is 448 g/mol. The van der Waals surface area contributed by atoms with E-state index < -0.39 is 26.0 Å². The van der Waals surface area contributed by atoms with E-state index in [-0.39, 0.29) is 33.2 Å². The van der Waals surface area contributed by atoms with Crippen molar-refractivity contribution in [2.45, 2.75) is 76.0 Å². The maximum absolute atomic E-state index is 13.5. The van der Waals surface area contributed by atoms with E-state index in [2.05, 4.69) is 18.6 Å².